The molecule has 7 heteroatoms. The van der Waals surface area contributed by atoms with E-state index in [1.165, 1.54) is 0 Å². The third kappa shape index (κ3) is 7.31. The first kappa shape index (κ1) is 26.7. The SMILES string of the molecule is CC[C@H](C)N(Cc1c(C)nn(-c2ccccc2)c1Oc1cccc(OC)c1)C[C@H](O)COC(C)C. The van der Waals surface area contributed by atoms with Crippen LogP contribution in [0.25, 0.3) is 5.69 Å². The van der Waals surface area contributed by atoms with E-state index in [9.17, 15) is 5.11 Å². The fourth-order valence-corrected chi connectivity index (χ4v) is 3.83. The van der Waals surface area contributed by atoms with Gasteiger partial charge in [-0.3, -0.25) is 4.90 Å². The standard InChI is InChI=1S/C28H39N3O4/c1-7-21(4)30(17-24(32)19-34-20(2)3)18-27-22(5)29-31(23-12-9-8-10-13-23)28(27)35-26-15-11-14-25(16-26)33-6/h8-16,20-21,24,32H,7,17-19H2,1-6H3/t21-,24-/m0/s1. The monoisotopic (exact) mass is 481 g/mol. The zero-order valence-electron chi connectivity index (χ0n) is 21.8. The molecule has 3 aromatic rings. The lowest BCUT2D eigenvalue weighted by atomic mass is 10.1. The third-order valence-electron chi connectivity index (χ3n) is 6.04. The summed E-state index contributed by atoms with van der Waals surface area (Å²) < 4.78 is 19.3. The van der Waals surface area contributed by atoms with Crippen molar-refractivity contribution >= 4 is 0 Å². The number of aryl methyl sites for hydroxylation is 1. The highest BCUT2D eigenvalue weighted by Gasteiger charge is 2.25. The Bertz CT molecular complexity index is 1050. The van der Waals surface area contributed by atoms with Crippen LogP contribution in [0.1, 0.15) is 45.4 Å². The number of methoxy groups -OCH3 is 1. The van der Waals surface area contributed by atoms with E-state index in [2.05, 4.69) is 18.7 Å². The Labute approximate surface area is 209 Å². The minimum atomic E-state index is -0.585. The van der Waals surface area contributed by atoms with Gasteiger partial charge < -0.3 is 19.3 Å². The second kappa shape index (κ2) is 12.7. The molecule has 3 rings (SSSR count). The zero-order valence-corrected chi connectivity index (χ0v) is 21.8. The number of hydrogen-bond acceptors (Lipinski definition) is 6. The number of nitrogens with zero attached hydrogens (tertiary/aromatic N) is 3. The van der Waals surface area contributed by atoms with Crippen LogP contribution in [-0.4, -0.2) is 58.3 Å². The largest absolute Gasteiger partial charge is 0.497 e. The van der Waals surface area contributed by atoms with Gasteiger partial charge in [-0.1, -0.05) is 31.2 Å². The van der Waals surface area contributed by atoms with Crippen molar-refractivity contribution < 1.29 is 19.3 Å². The van der Waals surface area contributed by atoms with Gasteiger partial charge in [0, 0.05) is 25.2 Å². The summed E-state index contributed by atoms with van der Waals surface area (Å²) in [5.74, 6) is 2.05. The first-order valence-corrected chi connectivity index (χ1v) is 12.3. The first-order chi connectivity index (χ1) is 16.8. The maximum Gasteiger partial charge on any atom is 0.227 e. The molecule has 0 spiro atoms. The van der Waals surface area contributed by atoms with E-state index >= 15 is 0 Å². The van der Waals surface area contributed by atoms with E-state index in [4.69, 9.17) is 19.3 Å². The smallest absolute Gasteiger partial charge is 0.227 e. The summed E-state index contributed by atoms with van der Waals surface area (Å²) in [7, 11) is 1.64. The second-order valence-electron chi connectivity index (χ2n) is 9.12. The molecule has 0 aliphatic carbocycles. The molecule has 0 aliphatic heterocycles. The number of benzene rings is 2. The number of ether oxygens (including phenoxy) is 3. The molecule has 0 unspecified atom stereocenters. The topological polar surface area (TPSA) is 69.0 Å². The van der Waals surface area contributed by atoms with Gasteiger partial charge in [0.25, 0.3) is 0 Å². The number of rotatable bonds is 13. The van der Waals surface area contributed by atoms with Crippen LogP contribution < -0.4 is 9.47 Å². The molecule has 1 heterocycles. The highest BCUT2D eigenvalue weighted by atomic mass is 16.5. The predicted molar refractivity (Wildman–Crippen MR) is 139 cm³/mol. The molecule has 190 valence electrons. The van der Waals surface area contributed by atoms with Crippen LogP contribution >= 0.6 is 0 Å². The van der Waals surface area contributed by atoms with Crippen molar-refractivity contribution in [3.05, 3.63) is 65.9 Å². The average Bonchev–Trinajstić information content (AvgIpc) is 3.17. The number of aliphatic hydroxyl groups is 1. The van der Waals surface area contributed by atoms with Gasteiger partial charge >= 0.3 is 0 Å². The maximum atomic E-state index is 10.7. The Kier molecular flexibility index (Phi) is 9.72. The van der Waals surface area contributed by atoms with Gasteiger partial charge in [0.2, 0.25) is 5.88 Å². The molecule has 2 atom stereocenters. The summed E-state index contributed by atoms with van der Waals surface area (Å²) in [6.45, 7) is 11.7. The minimum Gasteiger partial charge on any atom is -0.497 e. The highest BCUT2D eigenvalue weighted by molar-refractivity contribution is 5.44. The molecule has 0 saturated heterocycles. The molecular weight excluding hydrogens is 442 g/mol. The molecule has 0 bridgehead atoms. The zero-order chi connectivity index (χ0) is 25.4. The highest BCUT2D eigenvalue weighted by Crippen LogP contribution is 2.33. The summed E-state index contributed by atoms with van der Waals surface area (Å²) in [4.78, 5) is 2.27. The van der Waals surface area contributed by atoms with Crippen LogP contribution in [0.5, 0.6) is 17.4 Å². The fraction of sp³-hybridized carbons (Fsp3) is 0.464. The average molecular weight is 482 g/mol. The van der Waals surface area contributed by atoms with E-state index in [1.54, 1.807) is 7.11 Å². The van der Waals surface area contributed by atoms with Gasteiger partial charge in [-0.25, -0.2) is 4.68 Å². The third-order valence-corrected chi connectivity index (χ3v) is 6.04. The number of aliphatic hydroxyl groups excluding tert-OH is 1. The van der Waals surface area contributed by atoms with E-state index in [0.717, 1.165) is 29.1 Å². The Balaban J connectivity index is 1.97. The summed E-state index contributed by atoms with van der Waals surface area (Å²) in [6.07, 6.45) is 0.449. The van der Waals surface area contributed by atoms with Crippen molar-refractivity contribution in [2.75, 3.05) is 20.3 Å². The van der Waals surface area contributed by atoms with Crippen molar-refractivity contribution in [1.29, 1.82) is 0 Å². The van der Waals surface area contributed by atoms with Crippen LogP contribution in [0.4, 0.5) is 0 Å². The van der Waals surface area contributed by atoms with Crippen molar-refractivity contribution in [3.8, 4) is 23.1 Å². The van der Waals surface area contributed by atoms with Gasteiger partial charge in [0.15, 0.2) is 0 Å². The summed E-state index contributed by atoms with van der Waals surface area (Å²) in [5.41, 5.74) is 2.78. The molecule has 0 fully saturated rings. The van der Waals surface area contributed by atoms with Crippen molar-refractivity contribution in [1.82, 2.24) is 14.7 Å². The molecule has 0 saturated carbocycles. The van der Waals surface area contributed by atoms with Crippen molar-refractivity contribution in [2.45, 2.75) is 65.8 Å². The van der Waals surface area contributed by atoms with E-state index in [0.29, 0.717) is 31.3 Å². The number of aromatic nitrogens is 2. The summed E-state index contributed by atoms with van der Waals surface area (Å²) in [5, 5.41) is 15.5. The molecule has 2 aromatic carbocycles. The molecule has 1 aromatic heterocycles. The fourth-order valence-electron chi connectivity index (χ4n) is 3.83. The Morgan fingerprint density at radius 2 is 1.74 bits per heavy atom. The second-order valence-corrected chi connectivity index (χ2v) is 9.12. The molecule has 0 aliphatic rings. The molecule has 35 heavy (non-hydrogen) atoms. The van der Waals surface area contributed by atoms with Gasteiger partial charge in [0.05, 0.1) is 42.9 Å². The normalized spacial score (nSPS) is 13.3. The molecule has 7 nitrogen and oxygen atoms in total. The van der Waals surface area contributed by atoms with Gasteiger partial charge in [-0.2, -0.15) is 5.10 Å². The lowest BCUT2D eigenvalue weighted by molar-refractivity contribution is -0.0150. The van der Waals surface area contributed by atoms with Gasteiger partial charge in [-0.05, 0) is 58.4 Å². The molecule has 0 radical (unpaired) electrons. The van der Waals surface area contributed by atoms with Crippen molar-refractivity contribution in [2.24, 2.45) is 0 Å². The van der Waals surface area contributed by atoms with Gasteiger partial charge in [-0.15, -0.1) is 0 Å². The quantitative estimate of drug-likeness (QED) is 0.354. The Hall–Kier alpha value is -2.87. The number of para-hydroxylation sites is 1. The summed E-state index contributed by atoms with van der Waals surface area (Å²) >= 11 is 0. The van der Waals surface area contributed by atoms with Crippen LogP contribution in [0, 0.1) is 6.92 Å². The van der Waals surface area contributed by atoms with E-state index in [-0.39, 0.29) is 12.1 Å². The summed E-state index contributed by atoms with van der Waals surface area (Å²) in [6, 6.07) is 17.8. The Morgan fingerprint density at radius 3 is 2.40 bits per heavy atom. The molecular formula is C28H39N3O4. The van der Waals surface area contributed by atoms with Crippen molar-refractivity contribution in [3.63, 3.8) is 0 Å². The predicted octanol–water partition coefficient (Wildman–Crippen LogP) is 5.37. The number of hydrogen-bond donors (Lipinski definition) is 1. The van der Waals surface area contributed by atoms with E-state index in [1.807, 2.05) is 80.1 Å². The minimum absolute atomic E-state index is 0.0795. The molecule has 0 amide bonds. The lowest BCUT2D eigenvalue weighted by Gasteiger charge is -2.30. The Morgan fingerprint density at radius 1 is 1.03 bits per heavy atom. The maximum absolute atomic E-state index is 10.7. The molecule has 1 N–H and O–H groups in total. The van der Waals surface area contributed by atoms with Crippen LogP contribution in [0.15, 0.2) is 54.6 Å². The van der Waals surface area contributed by atoms with Gasteiger partial charge in [0.1, 0.15) is 11.5 Å². The van der Waals surface area contributed by atoms with Crippen LogP contribution in [-0.2, 0) is 11.3 Å². The van der Waals surface area contributed by atoms with Crippen LogP contribution in [0.3, 0.4) is 0 Å². The van der Waals surface area contributed by atoms with E-state index < -0.39 is 6.10 Å². The first-order valence-electron chi connectivity index (χ1n) is 12.3. The lowest BCUT2D eigenvalue weighted by Crippen LogP contribution is -2.40. The van der Waals surface area contributed by atoms with Crippen LogP contribution in [0.2, 0.25) is 0 Å².